The number of aromatic amines is 1. The Bertz CT molecular complexity index is 695. The fourth-order valence-electron chi connectivity index (χ4n) is 2.54. The molecule has 1 fully saturated rings. The van der Waals surface area contributed by atoms with Crippen LogP contribution in [0.15, 0.2) is 36.7 Å². The molecule has 84 valence electrons. The van der Waals surface area contributed by atoms with Crippen molar-refractivity contribution in [1.82, 2.24) is 15.3 Å². The van der Waals surface area contributed by atoms with Gasteiger partial charge in [0, 0.05) is 53.2 Å². The van der Waals surface area contributed by atoms with Crippen molar-refractivity contribution in [3.63, 3.8) is 0 Å². The number of hydrogen-bond acceptors (Lipinski definition) is 2. The number of rotatable bonds is 1. The van der Waals surface area contributed by atoms with Gasteiger partial charge >= 0.3 is 0 Å². The zero-order chi connectivity index (χ0) is 11.2. The lowest BCUT2D eigenvalue weighted by molar-refractivity contribution is 0.449. The highest BCUT2D eigenvalue weighted by atomic mass is 14.9. The van der Waals surface area contributed by atoms with Gasteiger partial charge in [0.25, 0.3) is 0 Å². The van der Waals surface area contributed by atoms with E-state index in [1.165, 1.54) is 27.4 Å². The van der Waals surface area contributed by atoms with Crippen molar-refractivity contribution in [2.45, 2.75) is 5.92 Å². The Morgan fingerprint density at radius 1 is 1.06 bits per heavy atom. The van der Waals surface area contributed by atoms with Gasteiger partial charge in [-0.15, -0.1) is 0 Å². The first-order chi connectivity index (χ1) is 8.42. The van der Waals surface area contributed by atoms with Crippen molar-refractivity contribution in [3.05, 3.63) is 42.2 Å². The first-order valence-corrected chi connectivity index (χ1v) is 5.98. The van der Waals surface area contributed by atoms with Crippen LogP contribution in [0.5, 0.6) is 0 Å². The van der Waals surface area contributed by atoms with E-state index in [4.69, 9.17) is 0 Å². The Balaban J connectivity index is 2.00. The second-order valence-corrected chi connectivity index (χ2v) is 4.71. The number of nitrogens with one attached hydrogen (secondary N) is 2. The van der Waals surface area contributed by atoms with Crippen LogP contribution in [0.25, 0.3) is 21.8 Å². The van der Waals surface area contributed by atoms with E-state index in [0.29, 0.717) is 5.92 Å². The van der Waals surface area contributed by atoms with E-state index in [9.17, 15) is 0 Å². The molecule has 0 amide bonds. The standard InChI is InChI=1S/C14H13N3/c1-2-13-11(5-9(1)10-6-16-7-10)12-8-15-4-3-14(12)17-13/h1-5,8,10,16-17H,6-7H2. The summed E-state index contributed by atoms with van der Waals surface area (Å²) in [5.41, 5.74) is 3.80. The Morgan fingerprint density at radius 3 is 2.76 bits per heavy atom. The molecule has 17 heavy (non-hydrogen) atoms. The molecule has 1 aliphatic heterocycles. The largest absolute Gasteiger partial charge is 0.354 e. The van der Waals surface area contributed by atoms with Gasteiger partial charge in [0.2, 0.25) is 0 Å². The van der Waals surface area contributed by atoms with Crippen LogP contribution in [0.2, 0.25) is 0 Å². The van der Waals surface area contributed by atoms with Crippen LogP contribution in [0, 0.1) is 0 Å². The molecule has 4 rings (SSSR count). The number of pyridine rings is 1. The summed E-state index contributed by atoms with van der Waals surface area (Å²) in [5.74, 6) is 0.682. The molecule has 1 aromatic carbocycles. The number of hydrogen-bond donors (Lipinski definition) is 2. The quantitative estimate of drug-likeness (QED) is 0.665. The van der Waals surface area contributed by atoms with Gasteiger partial charge in [-0.2, -0.15) is 0 Å². The van der Waals surface area contributed by atoms with E-state index >= 15 is 0 Å². The summed E-state index contributed by atoms with van der Waals surface area (Å²) in [4.78, 5) is 7.64. The number of H-pyrrole nitrogens is 1. The topological polar surface area (TPSA) is 40.7 Å². The Labute approximate surface area is 98.9 Å². The SMILES string of the molecule is c1cc2[nH]c3ccc(C4CNC4)cc3c2cn1. The van der Waals surface area contributed by atoms with Crippen molar-refractivity contribution in [2.24, 2.45) is 0 Å². The van der Waals surface area contributed by atoms with Gasteiger partial charge in [-0.25, -0.2) is 0 Å². The van der Waals surface area contributed by atoms with Crippen LogP contribution in [0.1, 0.15) is 11.5 Å². The van der Waals surface area contributed by atoms with Crippen LogP contribution >= 0.6 is 0 Å². The summed E-state index contributed by atoms with van der Waals surface area (Å²) in [5, 5.41) is 5.83. The molecule has 0 unspecified atom stereocenters. The first-order valence-electron chi connectivity index (χ1n) is 5.98. The predicted molar refractivity (Wildman–Crippen MR) is 69.2 cm³/mol. The molecular weight excluding hydrogens is 210 g/mol. The third-order valence-corrected chi connectivity index (χ3v) is 3.68. The first kappa shape index (κ1) is 9.19. The molecule has 3 heterocycles. The van der Waals surface area contributed by atoms with Crippen molar-refractivity contribution in [2.75, 3.05) is 13.1 Å². The van der Waals surface area contributed by atoms with E-state index in [1.54, 1.807) is 0 Å². The van der Waals surface area contributed by atoms with E-state index in [1.807, 2.05) is 18.5 Å². The van der Waals surface area contributed by atoms with Crippen LogP contribution in [0.4, 0.5) is 0 Å². The van der Waals surface area contributed by atoms with E-state index in [0.717, 1.165) is 13.1 Å². The summed E-state index contributed by atoms with van der Waals surface area (Å²) in [6.07, 6.45) is 3.77. The molecule has 0 spiro atoms. The van der Waals surface area contributed by atoms with Gasteiger partial charge in [0.1, 0.15) is 0 Å². The van der Waals surface area contributed by atoms with Gasteiger partial charge in [-0.3, -0.25) is 4.98 Å². The fourth-order valence-corrected chi connectivity index (χ4v) is 2.54. The molecular formula is C14H13N3. The molecule has 0 atom stereocenters. The summed E-state index contributed by atoms with van der Waals surface area (Å²) < 4.78 is 0. The van der Waals surface area contributed by atoms with Gasteiger partial charge < -0.3 is 10.3 Å². The molecule has 2 aromatic heterocycles. The summed E-state index contributed by atoms with van der Waals surface area (Å²) in [6, 6.07) is 8.75. The molecule has 1 aliphatic rings. The maximum atomic E-state index is 4.21. The minimum atomic E-state index is 0.682. The average Bonchev–Trinajstić information content (AvgIpc) is 2.65. The second-order valence-electron chi connectivity index (χ2n) is 4.71. The van der Waals surface area contributed by atoms with Gasteiger partial charge in [-0.1, -0.05) is 6.07 Å². The van der Waals surface area contributed by atoms with Crippen molar-refractivity contribution >= 4 is 21.8 Å². The van der Waals surface area contributed by atoms with Crippen molar-refractivity contribution in [1.29, 1.82) is 0 Å². The van der Waals surface area contributed by atoms with Crippen LogP contribution in [-0.4, -0.2) is 23.1 Å². The summed E-state index contributed by atoms with van der Waals surface area (Å²) >= 11 is 0. The van der Waals surface area contributed by atoms with Gasteiger partial charge in [-0.05, 0) is 23.8 Å². The maximum Gasteiger partial charge on any atom is 0.0495 e. The average molecular weight is 223 g/mol. The molecule has 3 aromatic rings. The third kappa shape index (κ3) is 1.29. The number of aromatic nitrogens is 2. The molecule has 1 saturated heterocycles. The molecule has 3 heteroatoms. The lowest BCUT2D eigenvalue weighted by atomic mass is 9.93. The molecule has 0 saturated carbocycles. The normalized spacial score (nSPS) is 16.5. The Morgan fingerprint density at radius 2 is 1.94 bits per heavy atom. The van der Waals surface area contributed by atoms with Crippen molar-refractivity contribution < 1.29 is 0 Å². The minimum Gasteiger partial charge on any atom is -0.354 e. The zero-order valence-electron chi connectivity index (χ0n) is 9.40. The number of fused-ring (bicyclic) bond motifs is 3. The lowest BCUT2D eigenvalue weighted by Gasteiger charge is -2.27. The molecule has 0 radical (unpaired) electrons. The van der Waals surface area contributed by atoms with E-state index < -0.39 is 0 Å². The molecule has 2 N–H and O–H groups in total. The number of nitrogens with zero attached hydrogens (tertiary/aromatic N) is 1. The van der Waals surface area contributed by atoms with Crippen molar-refractivity contribution in [3.8, 4) is 0 Å². The monoisotopic (exact) mass is 223 g/mol. The molecule has 0 aliphatic carbocycles. The lowest BCUT2D eigenvalue weighted by Crippen LogP contribution is -2.39. The van der Waals surface area contributed by atoms with Crippen LogP contribution < -0.4 is 5.32 Å². The van der Waals surface area contributed by atoms with Crippen LogP contribution in [-0.2, 0) is 0 Å². The zero-order valence-corrected chi connectivity index (χ0v) is 9.40. The predicted octanol–water partition coefficient (Wildman–Crippen LogP) is 2.40. The molecule has 0 bridgehead atoms. The van der Waals surface area contributed by atoms with E-state index in [-0.39, 0.29) is 0 Å². The molecule has 3 nitrogen and oxygen atoms in total. The second kappa shape index (κ2) is 3.31. The van der Waals surface area contributed by atoms with Crippen LogP contribution in [0.3, 0.4) is 0 Å². The Kier molecular flexibility index (Phi) is 1.79. The Hall–Kier alpha value is -1.87. The minimum absolute atomic E-state index is 0.682. The number of benzene rings is 1. The smallest absolute Gasteiger partial charge is 0.0495 e. The highest BCUT2D eigenvalue weighted by Gasteiger charge is 2.19. The maximum absolute atomic E-state index is 4.21. The third-order valence-electron chi connectivity index (χ3n) is 3.68. The van der Waals surface area contributed by atoms with Gasteiger partial charge in [0.05, 0.1) is 0 Å². The summed E-state index contributed by atoms with van der Waals surface area (Å²) in [6.45, 7) is 2.21. The highest BCUT2D eigenvalue weighted by Crippen LogP contribution is 2.29. The van der Waals surface area contributed by atoms with E-state index in [2.05, 4.69) is 33.5 Å². The fraction of sp³-hybridized carbons (Fsp3) is 0.214. The highest BCUT2D eigenvalue weighted by molar-refractivity contribution is 6.06. The van der Waals surface area contributed by atoms with Gasteiger partial charge in [0.15, 0.2) is 0 Å². The summed E-state index contributed by atoms with van der Waals surface area (Å²) in [7, 11) is 0.